The predicted molar refractivity (Wildman–Crippen MR) is 85.5 cm³/mol. The third kappa shape index (κ3) is 4.32. The Kier molecular flexibility index (Phi) is 4.57. The molecule has 2 aromatic carbocycles. The van der Waals surface area contributed by atoms with Crippen molar-refractivity contribution in [2.45, 2.75) is 19.4 Å². The van der Waals surface area contributed by atoms with Crippen LogP contribution in [0, 0.1) is 5.92 Å². The molecule has 1 aliphatic rings. The molecule has 5 nitrogen and oxygen atoms in total. The molecule has 1 aliphatic carbocycles. The minimum Gasteiger partial charge on any atom is -0.489 e. The molecule has 1 fully saturated rings. The van der Waals surface area contributed by atoms with Crippen LogP contribution in [0.5, 0.6) is 5.75 Å². The van der Waals surface area contributed by atoms with Gasteiger partial charge >= 0.3 is 0 Å². The highest BCUT2D eigenvalue weighted by molar-refractivity contribution is 5.95. The fraction of sp³-hybridized carbons (Fsp3) is 0.222. The topological polar surface area (TPSA) is 67.4 Å². The predicted octanol–water partition coefficient (Wildman–Crippen LogP) is 2.44. The van der Waals surface area contributed by atoms with Gasteiger partial charge in [-0.05, 0) is 42.7 Å². The van der Waals surface area contributed by atoms with Gasteiger partial charge in [-0.1, -0.05) is 30.3 Å². The van der Waals surface area contributed by atoms with Crippen molar-refractivity contribution in [3.05, 3.63) is 65.7 Å². The molecule has 118 valence electrons. The molecule has 2 aromatic rings. The lowest BCUT2D eigenvalue weighted by atomic mass is 10.2. The van der Waals surface area contributed by atoms with E-state index in [1.54, 1.807) is 24.3 Å². The zero-order valence-electron chi connectivity index (χ0n) is 12.6. The van der Waals surface area contributed by atoms with Crippen LogP contribution in [0.2, 0.25) is 0 Å². The Hall–Kier alpha value is -2.82. The van der Waals surface area contributed by atoms with Gasteiger partial charge in [0.15, 0.2) is 0 Å². The Morgan fingerprint density at radius 1 is 0.957 bits per heavy atom. The third-order valence-electron chi connectivity index (χ3n) is 3.61. The lowest BCUT2D eigenvalue weighted by molar-refractivity contribution is -0.123. The summed E-state index contributed by atoms with van der Waals surface area (Å²) in [6.45, 7) is 0.476. The summed E-state index contributed by atoms with van der Waals surface area (Å²) < 4.78 is 5.66. The van der Waals surface area contributed by atoms with E-state index in [0.717, 1.165) is 18.4 Å². The van der Waals surface area contributed by atoms with E-state index in [2.05, 4.69) is 10.9 Å². The SMILES string of the molecule is O=C(NNC(=O)C1CC1)c1ccc(OCc2ccccc2)cc1. The van der Waals surface area contributed by atoms with Crippen LogP contribution < -0.4 is 15.6 Å². The summed E-state index contributed by atoms with van der Waals surface area (Å²) in [7, 11) is 0. The maximum absolute atomic E-state index is 11.9. The molecular weight excluding hydrogens is 292 g/mol. The zero-order valence-corrected chi connectivity index (χ0v) is 12.6. The lowest BCUT2D eigenvalue weighted by Crippen LogP contribution is -2.42. The van der Waals surface area contributed by atoms with Crippen molar-refractivity contribution in [2.24, 2.45) is 5.92 Å². The number of amides is 2. The van der Waals surface area contributed by atoms with Crippen LogP contribution in [0.15, 0.2) is 54.6 Å². The summed E-state index contributed by atoms with van der Waals surface area (Å²) in [5.74, 6) is 0.284. The molecule has 0 bridgehead atoms. The van der Waals surface area contributed by atoms with Crippen molar-refractivity contribution in [2.75, 3.05) is 0 Å². The molecule has 0 saturated heterocycles. The van der Waals surface area contributed by atoms with Gasteiger partial charge in [-0.15, -0.1) is 0 Å². The van der Waals surface area contributed by atoms with E-state index in [1.807, 2.05) is 30.3 Å². The Labute approximate surface area is 134 Å². The minimum absolute atomic E-state index is 0.0593. The van der Waals surface area contributed by atoms with Gasteiger partial charge in [0.2, 0.25) is 5.91 Å². The summed E-state index contributed by atoms with van der Waals surface area (Å²) in [6.07, 6.45) is 1.80. The van der Waals surface area contributed by atoms with E-state index in [1.165, 1.54) is 0 Å². The van der Waals surface area contributed by atoms with E-state index < -0.39 is 0 Å². The summed E-state index contributed by atoms with van der Waals surface area (Å²) in [4.78, 5) is 23.4. The van der Waals surface area contributed by atoms with Gasteiger partial charge in [-0.2, -0.15) is 0 Å². The van der Waals surface area contributed by atoms with Gasteiger partial charge in [-0.25, -0.2) is 0 Å². The van der Waals surface area contributed by atoms with E-state index in [0.29, 0.717) is 17.9 Å². The smallest absolute Gasteiger partial charge is 0.269 e. The van der Waals surface area contributed by atoms with Gasteiger partial charge < -0.3 is 4.74 Å². The molecule has 3 rings (SSSR count). The molecule has 5 heteroatoms. The van der Waals surface area contributed by atoms with E-state index in [9.17, 15) is 9.59 Å². The van der Waals surface area contributed by atoms with Crippen LogP contribution >= 0.6 is 0 Å². The number of carbonyl (C=O) groups is 2. The highest BCUT2D eigenvalue weighted by Crippen LogP contribution is 2.28. The Morgan fingerprint density at radius 3 is 2.30 bits per heavy atom. The molecule has 2 amide bonds. The van der Waals surface area contributed by atoms with Crippen LogP contribution in [-0.4, -0.2) is 11.8 Å². The monoisotopic (exact) mass is 310 g/mol. The maximum Gasteiger partial charge on any atom is 0.269 e. The third-order valence-corrected chi connectivity index (χ3v) is 3.61. The van der Waals surface area contributed by atoms with Gasteiger partial charge in [-0.3, -0.25) is 20.4 Å². The van der Waals surface area contributed by atoms with Crippen LogP contribution in [0.25, 0.3) is 0 Å². The second-order valence-electron chi connectivity index (χ2n) is 5.52. The highest BCUT2D eigenvalue weighted by atomic mass is 16.5. The molecule has 2 N–H and O–H groups in total. The van der Waals surface area contributed by atoms with Crippen LogP contribution in [0.1, 0.15) is 28.8 Å². The molecule has 23 heavy (non-hydrogen) atoms. The van der Waals surface area contributed by atoms with Crippen molar-refractivity contribution >= 4 is 11.8 Å². The Morgan fingerprint density at radius 2 is 1.65 bits per heavy atom. The number of benzene rings is 2. The van der Waals surface area contributed by atoms with Crippen LogP contribution in [0.3, 0.4) is 0 Å². The number of hydrazine groups is 1. The van der Waals surface area contributed by atoms with Crippen molar-refractivity contribution in [3.63, 3.8) is 0 Å². The Balaban J connectivity index is 1.49. The highest BCUT2D eigenvalue weighted by Gasteiger charge is 2.29. The van der Waals surface area contributed by atoms with Crippen molar-refractivity contribution in [1.29, 1.82) is 0 Å². The van der Waals surface area contributed by atoms with Crippen molar-refractivity contribution in [3.8, 4) is 5.75 Å². The van der Waals surface area contributed by atoms with E-state index >= 15 is 0 Å². The fourth-order valence-electron chi connectivity index (χ4n) is 2.08. The molecule has 0 spiro atoms. The second kappa shape index (κ2) is 6.96. The van der Waals surface area contributed by atoms with Crippen molar-refractivity contribution in [1.82, 2.24) is 10.9 Å². The molecule has 0 radical (unpaired) electrons. The normalized spacial score (nSPS) is 13.2. The minimum atomic E-state index is -0.339. The van der Waals surface area contributed by atoms with Gasteiger partial charge in [0.1, 0.15) is 12.4 Å². The van der Waals surface area contributed by atoms with Crippen molar-refractivity contribution < 1.29 is 14.3 Å². The average Bonchev–Trinajstić information content (AvgIpc) is 3.44. The first kappa shape index (κ1) is 15.1. The largest absolute Gasteiger partial charge is 0.489 e. The molecule has 0 aliphatic heterocycles. The van der Waals surface area contributed by atoms with Gasteiger partial charge in [0, 0.05) is 11.5 Å². The maximum atomic E-state index is 11.9. The number of rotatable bonds is 5. The first-order valence-corrected chi connectivity index (χ1v) is 7.59. The second-order valence-corrected chi connectivity index (χ2v) is 5.52. The summed E-state index contributed by atoms with van der Waals surface area (Å²) in [6, 6.07) is 16.7. The van der Waals surface area contributed by atoms with Gasteiger partial charge in [0.05, 0.1) is 0 Å². The standard InChI is InChI=1S/C18H18N2O3/c21-17(14-6-7-14)19-20-18(22)15-8-10-16(11-9-15)23-12-13-4-2-1-3-5-13/h1-5,8-11,14H,6-7,12H2,(H,19,21)(H,20,22). The fourth-order valence-corrected chi connectivity index (χ4v) is 2.08. The lowest BCUT2D eigenvalue weighted by Gasteiger charge is -2.08. The first-order valence-electron chi connectivity index (χ1n) is 7.59. The zero-order chi connectivity index (χ0) is 16.1. The summed E-state index contributed by atoms with van der Waals surface area (Å²) >= 11 is 0. The first-order chi connectivity index (χ1) is 11.2. The number of hydrogen-bond donors (Lipinski definition) is 2. The van der Waals surface area contributed by atoms with Crippen LogP contribution in [0.4, 0.5) is 0 Å². The van der Waals surface area contributed by atoms with Crippen LogP contribution in [-0.2, 0) is 11.4 Å². The number of hydrogen-bond acceptors (Lipinski definition) is 3. The molecule has 0 aromatic heterocycles. The molecule has 0 heterocycles. The van der Waals surface area contributed by atoms with E-state index in [4.69, 9.17) is 4.74 Å². The molecule has 0 unspecified atom stereocenters. The van der Waals surface area contributed by atoms with E-state index in [-0.39, 0.29) is 17.7 Å². The average molecular weight is 310 g/mol. The van der Waals surface area contributed by atoms with Gasteiger partial charge in [0.25, 0.3) is 5.91 Å². The summed E-state index contributed by atoms with van der Waals surface area (Å²) in [5, 5.41) is 0. The number of ether oxygens (including phenoxy) is 1. The molecule has 1 saturated carbocycles. The Bertz CT molecular complexity index is 679. The molecular formula is C18H18N2O3. The number of carbonyl (C=O) groups excluding carboxylic acids is 2. The quantitative estimate of drug-likeness (QED) is 0.834. The molecule has 0 atom stereocenters. The summed E-state index contributed by atoms with van der Waals surface area (Å²) in [5.41, 5.74) is 6.40. The number of nitrogens with one attached hydrogen (secondary N) is 2.